The van der Waals surface area contributed by atoms with Crippen molar-refractivity contribution in [3.05, 3.63) is 10.1 Å². The molecule has 5 heavy (non-hydrogen) atoms. The van der Waals surface area contributed by atoms with E-state index in [0.717, 1.165) is 0 Å². The van der Waals surface area contributed by atoms with E-state index in [1.807, 2.05) is 0 Å². The van der Waals surface area contributed by atoms with Gasteiger partial charge in [0.1, 0.15) is 0 Å². The molecule has 0 saturated carbocycles. The lowest BCUT2D eigenvalue weighted by Gasteiger charge is -1.72. The normalized spacial score (nSPS) is 7.40. The van der Waals surface area contributed by atoms with Gasteiger partial charge in [-0.1, -0.05) is 0 Å². The van der Waals surface area contributed by atoms with Crippen molar-refractivity contribution in [2.24, 2.45) is 0 Å². The molecule has 0 aromatic heterocycles. The molecule has 0 aromatic carbocycles. The van der Waals surface area contributed by atoms with Crippen LogP contribution in [0.4, 0.5) is 0 Å². The van der Waals surface area contributed by atoms with Crippen molar-refractivity contribution < 1.29 is 4.92 Å². The van der Waals surface area contributed by atoms with Gasteiger partial charge in [-0.15, -0.1) is 0 Å². The molecule has 0 bridgehead atoms. The summed E-state index contributed by atoms with van der Waals surface area (Å²) in [6.45, 7) is 0. The van der Waals surface area contributed by atoms with Gasteiger partial charge in [-0.3, -0.25) is 10.1 Å². The molecular formula is CH2NO2S. The van der Waals surface area contributed by atoms with Gasteiger partial charge in [0.05, 0.1) is 0 Å². The zero-order valence-corrected chi connectivity index (χ0v) is 3.20. The fourth-order valence-electron chi connectivity index (χ4n) is 0. The van der Waals surface area contributed by atoms with E-state index in [-0.39, 0.29) is 5.88 Å². The lowest BCUT2D eigenvalue weighted by atomic mass is 11.5. The highest BCUT2D eigenvalue weighted by atomic mass is 32.1. The molecule has 1 radical (unpaired) electrons. The number of nitro groups is 1. The summed E-state index contributed by atoms with van der Waals surface area (Å²) in [5.41, 5.74) is 0. The van der Waals surface area contributed by atoms with Gasteiger partial charge in [-0.2, -0.15) is 0 Å². The maximum absolute atomic E-state index is 9.07. The third-order valence-electron chi connectivity index (χ3n) is 0.105. The van der Waals surface area contributed by atoms with Crippen molar-refractivity contribution in [2.75, 3.05) is 5.88 Å². The van der Waals surface area contributed by atoms with Crippen molar-refractivity contribution in [2.45, 2.75) is 0 Å². The van der Waals surface area contributed by atoms with E-state index in [4.69, 9.17) is 10.1 Å². The van der Waals surface area contributed by atoms with Crippen LogP contribution >= 0.6 is 12.6 Å². The Balaban J connectivity index is 2.85. The van der Waals surface area contributed by atoms with Crippen LogP contribution in [0.5, 0.6) is 0 Å². The SMILES string of the molecule is O=[N+]([O-])C[S]. The highest BCUT2D eigenvalue weighted by Gasteiger charge is 1.79. The summed E-state index contributed by atoms with van der Waals surface area (Å²) in [7, 11) is 0. The Labute approximate surface area is 34.5 Å². The Kier molecular flexibility index (Phi) is 1.92. The van der Waals surface area contributed by atoms with E-state index in [1.54, 1.807) is 0 Å². The maximum Gasteiger partial charge on any atom is 0.259 e. The van der Waals surface area contributed by atoms with Gasteiger partial charge in [-0.05, 0) is 12.6 Å². The summed E-state index contributed by atoms with van der Waals surface area (Å²) in [5.74, 6) is -0.389. The molecule has 4 heteroatoms. The van der Waals surface area contributed by atoms with Crippen LogP contribution in [0.1, 0.15) is 0 Å². The largest absolute Gasteiger partial charge is 0.264 e. The molecule has 0 spiro atoms. The van der Waals surface area contributed by atoms with Gasteiger partial charge in [0.25, 0.3) is 5.88 Å². The molecule has 0 aliphatic heterocycles. The van der Waals surface area contributed by atoms with E-state index in [0.29, 0.717) is 0 Å². The Morgan fingerprint density at radius 1 is 2.00 bits per heavy atom. The summed E-state index contributed by atoms with van der Waals surface area (Å²) in [5, 5.41) is 9.07. The van der Waals surface area contributed by atoms with E-state index in [1.165, 1.54) is 0 Å². The topological polar surface area (TPSA) is 43.1 Å². The zero-order chi connectivity index (χ0) is 4.28. The van der Waals surface area contributed by atoms with Crippen molar-refractivity contribution in [3.63, 3.8) is 0 Å². The van der Waals surface area contributed by atoms with Crippen LogP contribution in [0.15, 0.2) is 0 Å². The molecule has 0 unspecified atom stereocenters. The lowest BCUT2D eigenvalue weighted by Crippen LogP contribution is -1.89. The average molecular weight is 92.1 g/mol. The minimum absolute atomic E-state index is 0.389. The zero-order valence-electron chi connectivity index (χ0n) is 2.38. The first-order chi connectivity index (χ1) is 2.27. The van der Waals surface area contributed by atoms with Gasteiger partial charge in [-0.25, -0.2) is 0 Å². The van der Waals surface area contributed by atoms with E-state index in [9.17, 15) is 0 Å². The van der Waals surface area contributed by atoms with E-state index >= 15 is 0 Å². The van der Waals surface area contributed by atoms with Gasteiger partial charge in [0, 0.05) is 4.92 Å². The summed E-state index contributed by atoms with van der Waals surface area (Å²) < 4.78 is 0. The Bertz CT molecular complexity index is 44.9. The predicted octanol–water partition coefficient (Wildman–Crippen LogP) is 0.418. The van der Waals surface area contributed by atoms with E-state index in [2.05, 4.69) is 12.6 Å². The van der Waals surface area contributed by atoms with Crippen LogP contribution in [0.3, 0.4) is 0 Å². The summed E-state index contributed by atoms with van der Waals surface area (Å²) in [6.07, 6.45) is 0. The molecule has 0 heterocycles. The maximum atomic E-state index is 9.07. The van der Waals surface area contributed by atoms with Gasteiger partial charge < -0.3 is 0 Å². The van der Waals surface area contributed by atoms with E-state index < -0.39 is 4.92 Å². The molecule has 3 nitrogen and oxygen atoms in total. The molecule has 0 saturated heterocycles. The third kappa shape index (κ3) is 3.75. The van der Waals surface area contributed by atoms with Crippen LogP contribution in [-0.4, -0.2) is 10.8 Å². The molecule has 0 N–H and O–H groups in total. The summed E-state index contributed by atoms with van der Waals surface area (Å²) in [6, 6.07) is 0. The third-order valence-corrected chi connectivity index (χ3v) is 0.316. The number of nitrogens with zero attached hydrogens (tertiary/aromatic N) is 1. The second-order valence-electron chi connectivity index (χ2n) is 0.462. The van der Waals surface area contributed by atoms with Crippen LogP contribution in [0.25, 0.3) is 0 Å². The van der Waals surface area contributed by atoms with Crippen LogP contribution in [0, 0.1) is 10.1 Å². The molecule has 29 valence electrons. The first kappa shape index (κ1) is 4.75. The minimum atomic E-state index is -0.560. The van der Waals surface area contributed by atoms with Crippen molar-refractivity contribution in [3.8, 4) is 0 Å². The smallest absolute Gasteiger partial charge is 0.259 e. The van der Waals surface area contributed by atoms with Crippen molar-refractivity contribution in [1.29, 1.82) is 0 Å². The standard InChI is InChI=1S/CH2NO2S/c3-2(4)1-5/h1H2. The molecular weight excluding hydrogens is 90.1 g/mol. The molecule has 0 aromatic rings. The number of rotatable bonds is 1. The Morgan fingerprint density at radius 3 is 2.20 bits per heavy atom. The number of hydrogen-bond acceptors (Lipinski definition) is 2. The average Bonchev–Trinajstić information content (AvgIpc) is 1.38. The van der Waals surface area contributed by atoms with Crippen LogP contribution < -0.4 is 0 Å². The molecule has 0 amide bonds. The fourth-order valence-corrected chi connectivity index (χ4v) is 0. The molecule has 0 fully saturated rings. The Morgan fingerprint density at radius 2 is 2.20 bits per heavy atom. The highest BCUT2D eigenvalue weighted by Crippen LogP contribution is 1.68. The fraction of sp³-hybridized carbons (Fsp3) is 1.00. The van der Waals surface area contributed by atoms with Crippen molar-refractivity contribution in [1.82, 2.24) is 0 Å². The summed E-state index contributed by atoms with van der Waals surface area (Å²) >= 11 is 3.98. The van der Waals surface area contributed by atoms with Gasteiger partial charge >= 0.3 is 0 Å². The second-order valence-corrected chi connectivity index (χ2v) is 0.720. The number of hydrogen-bond donors (Lipinski definition) is 0. The summed E-state index contributed by atoms with van der Waals surface area (Å²) in [4.78, 5) is 8.51. The molecule has 0 aliphatic carbocycles. The second kappa shape index (κ2) is 2.02. The minimum Gasteiger partial charge on any atom is -0.264 e. The lowest BCUT2D eigenvalue weighted by molar-refractivity contribution is -0.456. The first-order valence-electron chi connectivity index (χ1n) is 0.970. The Hall–Kier alpha value is -0.250. The molecule has 0 rings (SSSR count). The molecule has 0 atom stereocenters. The van der Waals surface area contributed by atoms with Gasteiger partial charge in [0.2, 0.25) is 0 Å². The van der Waals surface area contributed by atoms with Crippen LogP contribution in [0.2, 0.25) is 0 Å². The highest BCUT2D eigenvalue weighted by molar-refractivity contribution is 7.80. The first-order valence-corrected chi connectivity index (χ1v) is 1.55. The molecule has 0 aliphatic rings. The quantitative estimate of drug-likeness (QED) is 0.347. The van der Waals surface area contributed by atoms with Crippen molar-refractivity contribution >= 4 is 12.6 Å². The van der Waals surface area contributed by atoms with Crippen LogP contribution in [-0.2, 0) is 0 Å². The predicted molar refractivity (Wildman–Crippen MR) is 19.5 cm³/mol. The van der Waals surface area contributed by atoms with Gasteiger partial charge in [0.15, 0.2) is 0 Å². The monoisotopic (exact) mass is 92.0 g/mol.